The van der Waals surface area contributed by atoms with Crippen molar-refractivity contribution in [3.8, 4) is 0 Å². The van der Waals surface area contributed by atoms with E-state index < -0.39 is 10.0 Å². The van der Waals surface area contributed by atoms with Crippen molar-refractivity contribution in [1.29, 1.82) is 0 Å². The van der Waals surface area contributed by atoms with Crippen molar-refractivity contribution in [3.63, 3.8) is 0 Å². The van der Waals surface area contributed by atoms with Crippen molar-refractivity contribution in [3.05, 3.63) is 0 Å². The second-order valence-electron chi connectivity index (χ2n) is 4.44. The van der Waals surface area contributed by atoms with Crippen LogP contribution >= 0.6 is 0 Å². The summed E-state index contributed by atoms with van der Waals surface area (Å²) < 4.78 is 24.6. The Bertz CT molecular complexity index is 260. The summed E-state index contributed by atoms with van der Waals surface area (Å²) in [5, 5.41) is 0. The van der Waals surface area contributed by atoms with E-state index in [2.05, 4.69) is 0 Å². The summed E-state index contributed by atoms with van der Waals surface area (Å²) in [4.78, 5) is 0. The second-order valence-corrected chi connectivity index (χ2v) is 6.64. The molecule has 5 heteroatoms. The highest BCUT2D eigenvalue weighted by molar-refractivity contribution is 7.89. The van der Waals surface area contributed by atoms with Gasteiger partial charge in [0, 0.05) is 13.6 Å². The predicted molar refractivity (Wildman–Crippen MR) is 59.5 cm³/mol. The quantitative estimate of drug-likeness (QED) is 0.717. The molecule has 0 aromatic heterocycles. The zero-order valence-corrected chi connectivity index (χ0v) is 10.4. The molecule has 0 amide bonds. The molecule has 4 nitrogen and oxygen atoms in total. The standard InChI is InChI=1S/C9H22N2O2S/c1-5-6-14(12,13)11(4)8-9(2,3)7-10/h5-8,10H2,1-4H3. The van der Waals surface area contributed by atoms with Crippen LogP contribution in [0.2, 0.25) is 0 Å². The summed E-state index contributed by atoms with van der Waals surface area (Å²) >= 11 is 0. The van der Waals surface area contributed by atoms with Gasteiger partial charge < -0.3 is 5.73 Å². The second kappa shape index (κ2) is 5.09. The van der Waals surface area contributed by atoms with E-state index in [4.69, 9.17) is 5.73 Å². The average Bonchev–Trinajstić information content (AvgIpc) is 2.03. The van der Waals surface area contributed by atoms with Crippen LogP contribution in [0.4, 0.5) is 0 Å². The summed E-state index contributed by atoms with van der Waals surface area (Å²) in [6.45, 7) is 6.75. The van der Waals surface area contributed by atoms with Gasteiger partial charge in [0.25, 0.3) is 0 Å². The third-order valence-electron chi connectivity index (χ3n) is 2.14. The molecule has 0 heterocycles. The maximum Gasteiger partial charge on any atom is 0.213 e. The van der Waals surface area contributed by atoms with Gasteiger partial charge in [-0.3, -0.25) is 0 Å². The van der Waals surface area contributed by atoms with E-state index in [1.165, 1.54) is 4.31 Å². The zero-order chi connectivity index (χ0) is 11.4. The van der Waals surface area contributed by atoms with Crippen LogP contribution in [0.1, 0.15) is 27.2 Å². The molecule has 0 aliphatic rings. The lowest BCUT2D eigenvalue weighted by molar-refractivity contribution is 0.292. The van der Waals surface area contributed by atoms with Crippen LogP contribution in [0.3, 0.4) is 0 Å². The minimum atomic E-state index is -3.08. The van der Waals surface area contributed by atoms with E-state index in [1.54, 1.807) is 7.05 Å². The Kier molecular flexibility index (Phi) is 5.05. The molecule has 86 valence electrons. The lowest BCUT2D eigenvalue weighted by atomic mass is 9.94. The van der Waals surface area contributed by atoms with Crippen molar-refractivity contribution in [2.45, 2.75) is 27.2 Å². The largest absolute Gasteiger partial charge is 0.330 e. The van der Waals surface area contributed by atoms with Gasteiger partial charge in [-0.25, -0.2) is 12.7 Å². The molecule has 0 fully saturated rings. The number of hydrogen-bond acceptors (Lipinski definition) is 3. The van der Waals surface area contributed by atoms with E-state index in [9.17, 15) is 8.42 Å². The van der Waals surface area contributed by atoms with Gasteiger partial charge in [0.15, 0.2) is 0 Å². The molecule has 0 spiro atoms. The van der Waals surface area contributed by atoms with Crippen molar-refractivity contribution >= 4 is 10.0 Å². The Balaban J connectivity index is 4.42. The van der Waals surface area contributed by atoms with Gasteiger partial charge in [-0.05, 0) is 18.4 Å². The van der Waals surface area contributed by atoms with Gasteiger partial charge in [0.05, 0.1) is 5.75 Å². The summed E-state index contributed by atoms with van der Waals surface area (Å²) in [6.07, 6.45) is 0.649. The van der Waals surface area contributed by atoms with Crippen molar-refractivity contribution in [2.24, 2.45) is 11.1 Å². The number of sulfonamides is 1. The van der Waals surface area contributed by atoms with Gasteiger partial charge in [0.2, 0.25) is 10.0 Å². The molecular weight excluding hydrogens is 200 g/mol. The smallest absolute Gasteiger partial charge is 0.213 e. The Labute approximate surface area is 87.5 Å². The molecule has 0 unspecified atom stereocenters. The highest BCUT2D eigenvalue weighted by Gasteiger charge is 2.24. The van der Waals surface area contributed by atoms with Gasteiger partial charge in [-0.1, -0.05) is 20.8 Å². The summed E-state index contributed by atoms with van der Waals surface area (Å²) in [7, 11) is -1.46. The van der Waals surface area contributed by atoms with Crippen LogP contribution in [0, 0.1) is 5.41 Å². The molecule has 0 saturated heterocycles. The lowest BCUT2D eigenvalue weighted by Gasteiger charge is -2.28. The normalized spacial score (nSPS) is 13.6. The fourth-order valence-electron chi connectivity index (χ4n) is 1.18. The van der Waals surface area contributed by atoms with Crippen molar-refractivity contribution in [1.82, 2.24) is 4.31 Å². The zero-order valence-electron chi connectivity index (χ0n) is 9.58. The first kappa shape index (κ1) is 13.9. The molecule has 0 radical (unpaired) electrons. The minimum Gasteiger partial charge on any atom is -0.330 e. The summed E-state index contributed by atoms with van der Waals surface area (Å²) in [5.74, 6) is 0.212. The third-order valence-corrected chi connectivity index (χ3v) is 4.14. The molecule has 14 heavy (non-hydrogen) atoms. The molecule has 0 saturated carbocycles. The number of hydrogen-bond donors (Lipinski definition) is 1. The summed E-state index contributed by atoms with van der Waals surface area (Å²) in [5.41, 5.74) is 5.39. The maximum atomic E-state index is 11.6. The van der Waals surface area contributed by atoms with Gasteiger partial charge in [-0.2, -0.15) is 0 Å². The molecular formula is C9H22N2O2S. The monoisotopic (exact) mass is 222 g/mol. The maximum absolute atomic E-state index is 11.6. The molecule has 0 aromatic rings. The Morgan fingerprint density at radius 1 is 1.36 bits per heavy atom. The predicted octanol–water partition coefficient (Wildman–Crippen LogP) is 0.643. The van der Waals surface area contributed by atoms with Gasteiger partial charge >= 0.3 is 0 Å². The van der Waals surface area contributed by atoms with E-state index >= 15 is 0 Å². The van der Waals surface area contributed by atoms with E-state index in [0.29, 0.717) is 19.5 Å². The Hall–Kier alpha value is -0.130. The van der Waals surface area contributed by atoms with Crippen LogP contribution in [0.15, 0.2) is 0 Å². The van der Waals surface area contributed by atoms with Gasteiger partial charge in [-0.15, -0.1) is 0 Å². The molecule has 0 aromatic carbocycles. The first-order valence-electron chi connectivity index (χ1n) is 4.89. The molecule has 2 N–H and O–H groups in total. The van der Waals surface area contributed by atoms with Crippen LogP contribution in [0.25, 0.3) is 0 Å². The Morgan fingerprint density at radius 2 is 1.86 bits per heavy atom. The lowest BCUT2D eigenvalue weighted by Crippen LogP contribution is -2.40. The van der Waals surface area contributed by atoms with Crippen LogP contribution < -0.4 is 5.73 Å². The average molecular weight is 222 g/mol. The molecule has 0 bridgehead atoms. The molecule has 0 aliphatic heterocycles. The molecule has 0 rings (SSSR count). The fraction of sp³-hybridized carbons (Fsp3) is 1.00. The topological polar surface area (TPSA) is 63.4 Å². The number of nitrogens with two attached hydrogens (primary N) is 1. The fourth-order valence-corrected chi connectivity index (χ4v) is 2.55. The highest BCUT2D eigenvalue weighted by atomic mass is 32.2. The first-order chi connectivity index (χ1) is 6.25. The SMILES string of the molecule is CCCS(=O)(=O)N(C)CC(C)(C)CN. The van der Waals surface area contributed by atoms with Crippen molar-refractivity contribution < 1.29 is 8.42 Å². The molecule has 0 atom stereocenters. The van der Waals surface area contributed by atoms with Crippen molar-refractivity contribution in [2.75, 3.05) is 25.9 Å². The third kappa shape index (κ3) is 4.39. The van der Waals surface area contributed by atoms with Crippen LogP contribution in [-0.4, -0.2) is 38.6 Å². The highest BCUT2D eigenvalue weighted by Crippen LogP contribution is 2.16. The van der Waals surface area contributed by atoms with Crippen LogP contribution in [-0.2, 0) is 10.0 Å². The molecule has 0 aliphatic carbocycles. The minimum absolute atomic E-state index is 0.157. The number of nitrogens with zero attached hydrogens (tertiary/aromatic N) is 1. The summed E-state index contributed by atoms with van der Waals surface area (Å²) in [6, 6.07) is 0. The number of rotatable bonds is 6. The Morgan fingerprint density at radius 3 is 2.21 bits per heavy atom. The van der Waals surface area contributed by atoms with E-state index in [1.807, 2.05) is 20.8 Å². The first-order valence-corrected chi connectivity index (χ1v) is 6.50. The van der Waals surface area contributed by atoms with E-state index in [0.717, 1.165) is 0 Å². The van der Waals surface area contributed by atoms with E-state index in [-0.39, 0.29) is 11.2 Å². The van der Waals surface area contributed by atoms with Gasteiger partial charge in [0.1, 0.15) is 0 Å². The van der Waals surface area contributed by atoms with Crippen LogP contribution in [0.5, 0.6) is 0 Å².